The van der Waals surface area contributed by atoms with Crippen LogP contribution >= 0.6 is 11.8 Å². The smallest absolute Gasteiger partial charge is 0.264 e. The fraction of sp³-hybridized carbons (Fsp3) is 0.150. The van der Waals surface area contributed by atoms with Crippen molar-refractivity contribution in [2.24, 2.45) is 4.99 Å². The molecule has 2 aromatic carbocycles. The molecule has 0 spiro atoms. The maximum Gasteiger partial charge on any atom is 0.264 e. The molecule has 1 heterocycles. The van der Waals surface area contributed by atoms with Crippen LogP contribution in [-0.2, 0) is 4.79 Å². The molecule has 1 aliphatic heterocycles. The minimum absolute atomic E-state index is 0.0814. The summed E-state index contributed by atoms with van der Waals surface area (Å²) in [5.74, 6) is 0.344. The van der Waals surface area contributed by atoms with E-state index < -0.39 is 0 Å². The molecule has 1 aliphatic rings. The zero-order chi connectivity index (χ0) is 19.9. The largest absolute Gasteiger partial charge is 0.490 e. The van der Waals surface area contributed by atoms with Gasteiger partial charge < -0.3 is 14.8 Å². The molecule has 0 atom stereocenters. The van der Waals surface area contributed by atoms with Gasteiger partial charge in [-0.05, 0) is 66.7 Å². The monoisotopic (exact) mass is 397 g/mol. The van der Waals surface area contributed by atoms with E-state index in [0.29, 0.717) is 33.9 Å². The summed E-state index contributed by atoms with van der Waals surface area (Å²) < 4.78 is 23.9. The molecule has 142 valence electrons. The van der Waals surface area contributed by atoms with Gasteiger partial charge in [0, 0.05) is 0 Å². The molecule has 1 saturated heterocycles. The molecule has 0 aromatic heterocycles. The maximum absolute atomic E-state index is 13.0. The molecular weight excluding hydrogens is 381 g/mol. The summed E-state index contributed by atoms with van der Waals surface area (Å²) in [4.78, 5) is 17.0. The second-order valence-electron chi connectivity index (χ2n) is 5.54. The van der Waals surface area contributed by atoms with Crippen LogP contribution in [0.25, 0.3) is 6.08 Å². The number of amidine groups is 1. The van der Waals surface area contributed by atoms with Crippen molar-refractivity contribution in [2.75, 3.05) is 13.2 Å². The van der Waals surface area contributed by atoms with Crippen molar-refractivity contribution in [1.29, 1.82) is 5.26 Å². The normalized spacial score (nSPS) is 16.1. The molecule has 6 nitrogen and oxygen atoms in total. The van der Waals surface area contributed by atoms with Crippen LogP contribution in [0.15, 0.2) is 52.4 Å². The average Bonchev–Trinajstić information content (AvgIpc) is 3.02. The number of benzene rings is 2. The average molecular weight is 397 g/mol. The van der Waals surface area contributed by atoms with Crippen molar-refractivity contribution < 1.29 is 18.7 Å². The van der Waals surface area contributed by atoms with Crippen LogP contribution in [0.1, 0.15) is 12.5 Å². The van der Waals surface area contributed by atoms with Gasteiger partial charge in [0.05, 0.1) is 17.2 Å². The third kappa shape index (κ3) is 4.90. The van der Waals surface area contributed by atoms with Crippen molar-refractivity contribution in [2.45, 2.75) is 6.92 Å². The SMILES string of the molecule is CCOc1cc(/C=C2\SC(=Nc3ccc(F)cc3)NC2=O)ccc1OCC#N. The Labute approximate surface area is 165 Å². The van der Waals surface area contributed by atoms with Crippen LogP contribution in [0, 0.1) is 17.1 Å². The van der Waals surface area contributed by atoms with Gasteiger partial charge >= 0.3 is 0 Å². The molecule has 8 heteroatoms. The molecule has 28 heavy (non-hydrogen) atoms. The molecule has 1 amide bonds. The lowest BCUT2D eigenvalue weighted by Crippen LogP contribution is -2.19. The Hall–Kier alpha value is -3.31. The van der Waals surface area contributed by atoms with Crippen LogP contribution in [0.3, 0.4) is 0 Å². The third-order valence-electron chi connectivity index (χ3n) is 3.57. The molecule has 2 aromatic rings. The first-order valence-electron chi connectivity index (χ1n) is 8.41. The van der Waals surface area contributed by atoms with E-state index in [1.807, 2.05) is 13.0 Å². The number of halogens is 1. The fourth-order valence-corrected chi connectivity index (χ4v) is 3.22. The number of hydrogen-bond donors (Lipinski definition) is 1. The molecule has 0 bridgehead atoms. The molecule has 3 rings (SSSR count). The quantitative estimate of drug-likeness (QED) is 0.745. The zero-order valence-corrected chi connectivity index (χ0v) is 15.8. The van der Waals surface area contributed by atoms with Gasteiger partial charge in [0.15, 0.2) is 23.3 Å². The summed E-state index contributed by atoms with van der Waals surface area (Å²) in [6, 6.07) is 12.8. The number of nitrogens with one attached hydrogen (secondary N) is 1. The van der Waals surface area contributed by atoms with Crippen molar-refractivity contribution in [3.63, 3.8) is 0 Å². The van der Waals surface area contributed by atoms with Gasteiger partial charge in [0.1, 0.15) is 11.9 Å². The van der Waals surface area contributed by atoms with Gasteiger partial charge in [0.2, 0.25) is 0 Å². The Balaban J connectivity index is 1.81. The Morgan fingerprint density at radius 3 is 2.71 bits per heavy atom. The predicted molar refractivity (Wildman–Crippen MR) is 106 cm³/mol. The Bertz CT molecular complexity index is 981. The van der Waals surface area contributed by atoms with Crippen LogP contribution in [0.5, 0.6) is 11.5 Å². The van der Waals surface area contributed by atoms with E-state index >= 15 is 0 Å². The minimum atomic E-state index is -0.347. The lowest BCUT2D eigenvalue weighted by atomic mass is 10.2. The van der Waals surface area contributed by atoms with Gasteiger partial charge in [0.25, 0.3) is 5.91 Å². The number of carbonyl (C=O) groups excluding carboxylic acids is 1. The first kappa shape index (κ1) is 19.5. The lowest BCUT2D eigenvalue weighted by molar-refractivity contribution is -0.115. The molecule has 0 aliphatic carbocycles. The highest BCUT2D eigenvalue weighted by atomic mass is 32.2. The summed E-state index contributed by atoms with van der Waals surface area (Å²) in [7, 11) is 0. The number of rotatable bonds is 6. The van der Waals surface area contributed by atoms with E-state index in [-0.39, 0.29) is 18.3 Å². The first-order valence-corrected chi connectivity index (χ1v) is 9.22. The van der Waals surface area contributed by atoms with Crippen LogP contribution in [-0.4, -0.2) is 24.3 Å². The topological polar surface area (TPSA) is 83.7 Å². The van der Waals surface area contributed by atoms with Gasteiger partial charge in [-0.2, -0.15) is 5.26 Å². The molecular formula is C20H16FN3O3S. The van der Waals surface area contributed by atoms with Crippen LogP contribution in [0.4, 0.5) is 10.1 Å². The number of aliphatic imine (C=N–C) groups is 1. The highest BCUT2D eigenvalue weighted by Gasteiger charge is 2.24. The summed E-state index contributed by atoms with van der Waals surface area (Å²) >= 11 is 1.19. The second-order valence-corrected chi connectivity index (χ2v) is 6.57. The van der Waals surface area contributed by atoms with E-state index in [4.69, 9.17) is 14.7 Å². The van der Waals surface area contributed by atoms with Crippen LogP contribution in [0.2, 0.25) is 0 Å². The molecule has 1 N–H and O–H groups in total. The van der Waals surface area contributed by atoms with Crippen molar-refractivity contribution in [1.82, 2.24) is 5.32 Å². The highest BCUT2D eigenvalue weighted by molar-refractivity contribution is 8.18. The fourth-order valence-electron chi connectivity index (χ4n) is 2.38. The Morgan fingerprint density at radius 2 is 2.00 bits per heavy atom. The summed E-state index contributed by atoms with van der Waals surface area (Å²) in [6.45, 7) is 2.20. The standard InChI is InChI=1S/C20H16FN3O3S/c1-2-26-17-11-13(3-8-16(17)27-10-9-22)12-18-19(25)24-20(28-18)23-15-6-4-14(21)5-7-15/h3-8,11-12H,2,10H2,1H3,(H,23,24,25)/b18-12-. The number of nitriles is 1. The van der Waals surface area contributed by atoms with Gasteiger partial charge in [-0.15, -0.1) is 0 Å². The molecule has 0 radical (unpaired) electrons. The summed E-state index contributed by atoms with van der Waals surface area (Å²) in [6.07, 6.45) is 1.71. The van der Waals surface area contributed by atoms with Gasteiger partial charge in [-0.3, -0.25) is 4.79 Å². The number of nitrogens with zero attached hydrogens (tertiary/aromatic N) is 2. The molecule has 0 unspecified atom stereocenters. The zero-order valence-electron chi connectivity index (χ0n) is 14.9. The Kier molecular flexibility index (Phi) is 6.29. The van der Waals surface area contributed by atoms with Crippen molar-refractivity contribution in [3.05, 3.63) is 58.8 Å². The van der Waals surface area contributed by atoms with Gasteiger partial charge in [-0.25, -0.2) is 9.38 Å². The Morgan fingerprint density at radius 1 is 1.21 bits per heavy atom. The number of hydrogen-bond acceptors (Lipinski definition) is 6. The second kappa shape index (κ2) is 9.06. The highest BCUT2D eigenvalue weighted by Crippen LogP contribution is 2.32. The van der Waals surface area contributed by atoms with Crippen molar-refractivity contribution in [3.8, 4) is 17.6 Å². The lowest BCUT2D eigenvalue weighted by Gasteiger charge is -2.10. The third-order valence-corrected chi connectivity index (χ3v) is 4.48. The number of ether oxygens (including phenoxy) is 2. The van der Waals surface area contributed by atoms with E-state index in [2.05, 4.69) is 10.3 Å². The first-order chi connectivity index (χ1) is 13.6. The number of thioether (sulfide) groups is 1. The van der Waals surface area contributed by atoms with Crippen molar-refractivity contribution >= 4 is 34.6 Å². The number of amides is 1. The predicted octanol–water partition coefficient (Wildman–Crippen LogP) is 4.02. The number of carbonyl (C=O) groups is 1. The van der Waals surface area contributed by atoms with Crippen LogP contribution < -0.4 is 14.8 Å². The molecule has 0 saturated carbocycles. The van der Waals surface area contributed by atoms with E-state index in [1.54, 1.807) is 24.3 Å². The van der Waals surface area contributed by atoms with E-state index in [1.165, 1.54) is 36.0 Å². The van der Waals surface area contributed by atoms with Gasteiger partial charge in [-0.1, -0.05) is 6.07 Å². The summed E-state index contributed by atoms with van der Waals surface area (Å²) in [5.41, 5.74) is 1.29. The van der Waals surface area contributed by atoms with E-state index in [9.17, 15) is 9.18 Å². The molecule has 1 fully saturated rings. The summed E-state index contributed by atoms with van der Waals surface area (Å²) in [5, 5.41) is 11.8. The minimum Gasteiger partial charge on any atom is -0.490 e. The maximum atomic E-state index is 13.0. The van der Waals surface area contributed by atoms with E-state index in [0.717, 1.165) is 5.56 Å².